The van der Waals surface area contributed by atoms with E-state index in [0.717, 1.165) is 22.2 Å². The first kappa shape index (κ1) is 17.0. The Kier molecular flexibility index (Phi) is 4.76. The average molecular weight is 355 g/mol. The van der Waals surface area contributed by atoms with Gasteiger partial charge < -0.3 is 14.8 Å². The molecule has 0 unspecified atom stereocenters. The number of imide groups is 1. The number of hydrogen-bond donors (Lipinski definition) is 0. The Morgan fingerprint density at radius 1 is 1.12 bits per heavy atom. The van der Waals surface area contributed by atoms with Crippen molar-refractivity contribution >= 4 is 40.3 Å². The van der Waals surface area contributed by atoms with Gasteiger partial charge in [0.25, 0.3) is 11.1 Å². The highest BCUT2D eigenvalue weighted by Crippen LogP contribution is 2.35. The highest BCUT2D eigenvalue weighted by Gasteiger charge is 2.44. The molecule has 1 saturated heterocycles. The average Bonchev–Trinajstić information content (AvgIpc) is 2.89. The summed E-state index contributed by atoms with van der Waals surface area (Å²) in [6, 6.07) is 15.6. The number of nitrogens with zero attached hydrogens (tertiary/aromatic N) is 2. The number of anilines is 2. The molecule has 0 bridgehead atoms. The minimum atomic E-state index is -1.32. The molecule has 2 aromatic carbocycles. The van der Waals surface area contributed by atoms with Gasteiger partial charge in [-0.25, -0.2) is 4.90 Å². The van der Waals surface area contributed by atoms with Gasteiger partial charge in [0, 0.05) is 5.69 Å². The molecular formula is C18H15N2O4S-. The lowest BCUT2D eigenvalue weighted by atomic mass is 10.2. The number of carbonyl (C=O) groups excluding carboxylic acids is 3. The number of aliphatic carboxylic acids is 1. The number of amides is 2. The summed E-state index contributed by atoms with van der Waals surface area (Å²) in [7, 11) is 0. The Hall–Kier alpha value is -2.80. The van der Waals surface area contributed by atoms with E-state index < -0.39 is 29.0 Å². The van der Waals surface area contributed by atoms with Gasteiger partial charge >= 0.3 is 0 Å². The lowest BCUT2D eigenvalue weighted by Crippen LogP contribution is -2.47. The van der Waals surface area contributed by atoms with Crippen LogP contribution in [-0.4, -0.2) is 29.0 Å². The molecule has 1 fully saturated rings. The van der Waals surface area contributed by atoms with Gasteiger partial charge in [-0.05, 0) is 43.0 Å². The summed E-state index contributed by atoms with van der Waals surface area (Å²) in [5.74, 6) is -1.79. The summed E-state index contributed by atoms with van der Waals surface area (Å²) in [6.45, 7) is 1.42. The zero-order valence-corrected chi connectivity index (χ0v) is 14.2. The first-order valence-electron chi connectivity index (χ1n) is 7.60. The fourth-order valence-corrected chi connectivity index (χ4v) is 3.61. The predicted molar refractivity (Wildman–Crippen MR) is 94.2 cm³/mol. The first-order valence-corrected chi connectivity index (χ1v) is 8.48. The number of para-hydroxylation sites is 1. The topological polar surface area (TPSA) is 80.8 Å². The number of carboxylic acid groups (broad SMARTS) is 1. The van der Waals surface area contributed by atoms with Crippen molar-refractivity contribution < 1.29 is 19.5 Å². The molecule has 0 radical (unpaired) electrons. The van der Waals surface area contributed by atoms with E-state index in [1.807, 2.05) is 19.1 Å². The van der Waals surface area contributed by atoms with Gasteiger partial charge in [-0.2, -0.15) is 0 Å². The van der Waals surface area contributed by atoms with Crippen molar-refractivity contribution in [3.05, 3.63) is 60.2 Å². The van der Waals surface area contributed by atoms with E-state index in [1.54, 1.807) is 42.5 Å². The number of carboxylic acids is 1. The molecule has 1 aliphatic rings. The van der Waals surface area contributed by atoms with Crippen LogP contribution >= 0.6 is 11.8 Å². The Morgan fingerprint density at radius 3 is 2.36 bits per heavy atom. The van der Waals surface area contributed by atoms with Crippen LogP contribution in [0.15, 0.2) is 54.6 Å². The number of thioether (sulfide) groups is 1. The van der Waals surface area contributed by atoms with Crippen molar-refractivity contribution in [3.63, 3.8) is 0 Å². The summed E-state index contributed by atoms with van der Waals surface area (Å²) in [5, 5.41) is 9.76. The highest BCUT2D eigenvalue weighted by atomic mass is 32.2. The molecule has 2 aromatic rings. The molecule has 1 heterocycles. The van der Waals surface area contributed by atoms with Crippen LogP contribution in [0.2, 0.25) is 0 Å². The van der Waals surface area contributed by atoms with Crippen LogP contribution in [-0.2, 0) is 9.59 Å². The Morgan fingerprint density at radius 2 is 1.76 bits per heavy atom. The van der Waals surface area contributed by atoms with E-state index in [1.165, 1.54) is 4.90 Å². The number of benzene rings is 2. The second-order valence-electron chi connectivity index (χ2n) is 5.58. The summed E-state index contributed by atoms with van der Waals surface area (Å²) < 4.78 is 0. The largest absolute Gasteiger partial charge is 0.548 e. The Bertz CT molecular complexity index is 808. The molecule has 25 heavy (non-hydrogen) atoms. The number of hydrogen-bond acceptors (Lipinski definition) is 6. The van der Waals surface area contributed by atoms with Crippen LogP contribution < -0.4 is 14.9 Å². The molecule has 6 nitrogen and oxygen atoms in total. The molecule has 0 N–H and O–H groups in total. The molecule has 0 aromatic heterocycles. The van der Waals surface area contributed by atoms with E-state index in [-0.39, 0.29) is 0 Å². The molecule has 128 valence electrons. The van der Waals surface area contributed by atoms with Crippen molar-refractivity contribution in [3.8, 4) is 0 Å². The van der Waals surface area contributed by atoms with Crippen LogP contribution in [0.25, 0.3) is 0 Å². The number of aryl methyl sites for hydroxylation is 1. The van der Waals surface area contributed by atoms with Gasteiger partial charge in [-0.15, -0.1) is 0 Å². The minimum absolute atomic E-state index is 0.432. The highest BCUT2D eigenvalue weighted by molar-refractivity contribution is 8.16. The summed E-state index contributed by atoms with van der Waals surface area (Å²) >= 11 is 0.798. The van der Waals surface area contributed by atoms with Gasteiger partial charge in [0.15, 0.2) is 5.37 Å². The standard InChI is InChI=1S/C18H16N2O4S/c1-12-7-9-14(10-8-12)20-16(23)17(25-18(20)24)19(11-15(21)22)13-5-3-2-4-6-13/h2-10,17H,11H2,1H3,(H,21,22)/p-1/t17-/m0/s1. The van der Waals surface area contributed by atoms with Crippen LogP contribution in [0.1, 0.15) is 5.56 Å². The molecule has 2 amide bonds. The molecule has 0 saturated carbocycles. The van der Waals surface area contributed by atoms with Crippen LogP contribution in [0.4, 0.5) is 16.2 Å². The maximum Gasteiger partial charge on any atom is 0.295 e. The van der Waals surface area contributed by atoms with E-state index in [0.29, 0.717) is 11.4 Å². The summed E-state index contributed by atoms with van der Waals surface area (Å²) in [6.07, 6.45) is 0. The van der Waals surface area contributed by atoms with Crippen LogP contribution in [0.3, 0.4) is 0 Å². The zero-order chi connectivity index (χ0) is 18.0. The normalized spacial score (nSPS) is 17.0. The second kappa shape index (κ2) is 6.98. The van der Waals surface area contributed by atoms with Gasteiger partial charge in [-0.3, -0.25) is 9.59 Å². The van der Waals surface area contributed by atoms with Gasteiger partial charge in [0.1, 0.15) is 0 Å². The third kappa shape index (κ3) is 3.51. The van der Waals surface area contributed by atoms with Crippen molar-refractivity contribution in [2.45, 2.75) is 12.3 Å². The molecule has 0 aliphatic carbocycles. The second-order valence-corrected chi connectivity index (χ2v) is 6.61. The maximum absolute atomic E-state index is 12.8. The van der Waals surface area contributed by atoms with Crippen LogP contribution in [0, 0.1) is 6.92 Å². The first-order chi connectivity index (χ1) is 12.0. The summed E-state index contributed by atoms with van der Waals surface area (Å²) in [5.41, 5.74) is 2.02. The SMILES string of the molecule is Cc1ccc(N2C(=O)S[C@H](N(CC(=O)[O-])c3ccccc3)C2=O)cc1. The smallest absolute Gasteiger partial charge is 0.295 e. The fourth-order valence-electron chi connectivity index (χ4n) is 2.59. The zero-order valence-electron chi connectivity index (χ0n) is 13.4. The minimum Gasteiger partial charge on any atom is -0.548 e. The number of rotatable bonds is 5. The fraction of sp³-hybridized carbons (Fsp3) is 0.167. The molecule has 1 aliphatic heterocycles. The van der Waals surface area contributed by atoms with Gasteiger partial charge in [0.2, 0.25) is 0 Å². The van der Waals surface area contributed by atoms with Crippen molar-refractivity contribution in [1.29, 1.82) is 0 Å². The monoisotopic (exact) mass is 355 g/mol. The molecule has 3 rings (SSSR count). The van der Waals surface area contributed by atoms with Crippen molar-refractivity contribution in [2.24, 2.45) is 0 Å². The van der Waals surface area contributed by atoms with Crippen molar-refractivity contribution in [1.82, 2.24) is 0 Å². The maximum atomic E-state index is 12.8. The number of carbonyl (C=O) groups is 3. The van der Waals surface area contributed by atoms with E-state index in [2.05, 4.69) is 0 Å². The third-order valence-corrected chi connectivity index (χ3v) is 4.85. The van der Waals surface area contributed by atoms with Crippen molar-refractivity contribution in [2.75, 3.05) is 16.3 Å². The van der Waals surface area contributed by atoms with Gasteiger partial charge in [0.05, 0.1) is 18.2 Å². The Labute approximate surface area is 149 Å². The van der Waals surface area contributed by atoms with E-state index >= 15 is 0 Å². The molecule has 0 spiro atoms. The Balaban J connectivity index is 1.93. The summed E-state index contributed by atoms with van der Waals surface area (Å²) in [4.78, 5) is 38.8. The van der Waals surface area contributed by atoms with E-state index in [4.69, 9.17) is 0 Å². The quantitative estimate of drug-likeness (QED) is 0.813. The van der Waals surface area contributed by atoms with Gasteiger partial charge in [-0.1, -0.05) is 35.9 Å². The molecular weight excluding hydrogens is 340 g/mol. The lowest BCUT2D eigenvalue weighted by molar-refractivity contribution is -0.303. The lowest BCUT2D eigenvalue weighted by Gasteiger charge is -2.29. The molecule has 1 atom stereocenters. The third-order valence-electron chi connectivity index (χ3n) is 3.79. The van der Waals surface area contributed by atoms with Crippen LogP contribution in [0.5, 0.6) is 0 Å². The predicted octanol–water partition coefficient (Wildman–Crippen LogP) is 1.78. The molecule has 7 heteroatoms. The van der Waals surface area contributed by atoms with E-state index in [9.17, 15) is 19.5 Å².